The Hall–Kier alpha value is -3.93. The summed E-state index contributed by atoms with van der Waals surface area (Å²) >= 11 is 15.3. The number of para-hydroxylation sites is 1. The number of nitrogens with one attached hydrogen (secondary N) is 3. The molecule has 3 aromatic carbocycles. The van der Waals surface area contributed by atoms with Gasteiger partial charge < -0.3 is 24.8 Å². The number of rotatable bonds is 11. The number of thiocarbonyl (C=S) groups is 1. The smallest absolute Gasteiger partial charge is 0.338 e. The Morgan fingerprint density at radius 3 is 2.58 bits per heavy atom. The van der Waals surface area contributed by atoms with Crippen LogP contribution in [0.15, 0.2) is 81.5 Å². The fourth-order valence-corrected chi connectivity index (χ4v) is 5.50. The first-order chi connectivity index (χ1) is 20.7. The highest BCUT2D eigenvalue weighted by Crippen LogP contribution is 2.35. The highest BCUT2D eigenvalue weighted by Gasteiger charge is 2.32. The maximum atomic E-state index is 12.7. The van der Waals surface area contributed by atoms with Crippen LogP contribution in [-0.2, 0) is 20.9 Å². The summed E-state index contributed by atoms with van der Waals surface area (Å²) in [6, 6.07) is 18.0. The van der Waals surface area contributed by atoms with Crippen LogP contribution in [0.25, 0.3) is 0 Å². The van der Waals surface area contributed by atoms with Gasteiger partial charge >= 0.3 is 5.97 Å². The molecule has 0 unspecified atom stereocenters. The second-order valence-electron chi connectivity index (χ2n) is 9.50. The van der Waals surface area contributed by atoms with Gasteiger partial charge in [-0.05, 0) is 78.2 Å². The summed E-state index contributed by atoms with van der Waals surface area (Å²) in [6.45, 7) is 5.78. The molecule has 0 spiro atoms. The first-order valence-electron chi connectivity index (χ1n) is 13.3. The van der Waals surface area contributed by atoms with E-state index in [0.717, 1.165) is 5.56 Å². The Morgan fingerprint density at radius 2 is 1.86 bits per heavy atom. The molecule has 1 aliphatic rings. The average molecular weight is 686 g/mol. The summed E-state index contributed by atoms with van der Waals surface area (Å²) in [6.07, 6.45) is 1.46. The van der Waals surface area contributed by atoms with Crippen LogP contribution in [0.1, 0.15) is 42.1 Å². The lowest BCUT2D eigenvalue weighted by atomic mass is 9.95. The lowest BCUT2D eigenvalue weighted by Gasteiger charge is -2.30. The number of carbonyl (C=O) groups is 2. The summed E-state index contributed by atoms with van der Waals surface area (Å²) in [5.41, 5.74) is 6.86. The second kappa shape index (κ2) is 15.0. The molecule has 1 heterocycles. The van der Waals surface area contributed by atoms with E-state index < -0.39 is 17.9 Å². The van der Waals surface area contributed by atoms with Crippen molar-refractivity contribution in [1.82, 2.24) is 16.1 Å². The monoisotopic (exact) mass is 684 g/mol. The number of amides is 1. The third-order valence-corrected chi connectivity index (χ3v) is 7.37. The van der Waals surface area contributed by atoms with Crippen LogP contribution in [0.3, 0.4) is 0 Å². The predicted molar refractivity (Wildman–Crippen MR) is 173 cm³/mol. The molecule has 3 aromatic rings. The molecule has 12 heteroatoms. The van der Waals surface area contributed by atoms with Gasteiger partial charge in [0.15, 0.2) is 17.5 Å². The number of hydrogen-bond donors (Lipinski definition) is 3. The number of ether oxygens (including phenoxy) is 3. The molecule has 0 bridgehead atoms. The third-order valence-electron chi connectivity index (χ3n) is 6.28. The maximum Gasteiger partial charge on any atom is 0.338 e. The maximum absolute atomic E-state index is 12.7. The number of hydrogen-bond acceptors (Lipinski definition) is 7. The number of aryl methyl sites for hydroxylation is 1. The van der Waals surface area contributed by atoms with E-state index in [2.05, 4.69) is 37.1 Å². The molecule has 9 nitrogen and oxygen atoms in total. The average Bonchev–Trinajstić information content (AvgIpc) is 2.96. The summed E-state index contributed by atoms with van der Waals surface area (Å²) in [5, 5.41) is 10.8. The molecule has 0 fully saturated rings. The molecule has 1 amide bonds. The van der Waals surface area contributed by atoms with Crippen molar-refractivity contribution >= 4 is 63.0 Å². The molecule has 0 aromatic heterocycles. The van der Waals surface area contributed by atoms with Gasteiger partial charge in [-0.2, -0.15) is 5.10 Å². The SMILES string of the molecule is CCOC(=O)C1=C(C)NC(=S)N[C@@H]1c1ccccc1OCC(=O)NN=Cc1cc(Cl)c(OCc2ccc(C)cc2)c(Br)c1. The van der Waals surface area contributed by atoms with Crippen molar-refractivity contribution in [2.45, 2.75) is 33.4 Å². The van der Waals surface area contributed by atoms with E-state index in [4.69, 9.17) is 38.0 Å². The van der Waals surface area contributed by atoms with E-state index in [0.29, 0.717) is 55.1 Å². The summed E-state index contributed by atoms with van der Waals surface area (Å²) in [7, 11) is 0. The standard InChI is InChI=1S/C31H30BrClN4O5S/c1-4-40-30(39)27-19(3)35-31(43)36-28(27)22-7-5-6-8-25(22)41-17-26(38)37-34-15-21-13-23(32)29(24(33)14-21)42-16-20-11-9-18(2)10-12-20/h5-15,28H,4,16-17H2,1-3H3,(H,37,38)(H2,35,36,43)/t28-/m1/s1. The van der Waals surface area contributed by atoms with Gasteiger partial charge in [0.1, 0.15) is 12.4 Å². The lowest BCUT2D eigenvalue weighted by Crippen LogP contribution is -2.45. The lowest BCUT2D eigenvalue weighted by molar-refractivity contribution is -0.139. The Bertz CT molecular complexity index is 1560. The van der Waals surface area contributed by atoms with E-state index >= 15 is 0 Å². The van der Waals surface area contributed by atoms with Gasteiger partial charge in [-0.1, -0.05) is 59.6 Å². The van der Waals surface area contributed by atoms with E-state index in [1.165, 1.54) is 11.8 Å². The van der Waals surface area contributed by atoms with Crippen LogP contribution >= 0.6 is 39.7 Å². The highest BCUT2D eigenvalue weighted by atomic mass is 79.9. The number of nitrogens with zero attached hydrogens (tertiary/aromatic N) is 1. The molecule has 0 saturated heterocycles. The number of allylic oxidation sites excluding steroid dienone is 1. The largest absolute Gasteiger partial charge is 0.486 e. The fraction of sp³-hybridized carbons (Fsp3) is 0.226. The van der Waals surface area contributed by atoms with Crippen LogP contribution in [0.5, 0.6) is 11.5 Å². The number of carbonyl (C=O) groups excluding carboxylic acids is 2. The van der Waals surface area contributed by atoms with Crippen molar-refractivity contribution in [3.05, 3.63) is 104 Å². The van der Waals surface area contributed by atoms with Gasteiger partial charge in [-0.3, -0.25) is 4.79 Å². The molecule has 3 N–H and O–H groups in total. The first-order valence-corrected chi connectivity index (χ1v) is 14.9. The fourth-order valence-electron chi connectivity index (χ4n) is 4.24. The molecule has 43 heavy (non-hydrogen) atoms. The molecular formula is C31H30BrClN4O5S. The molecule has 4 rings (SSSR count). The normalized spacial score (nSPS) is 14.6. The van der Waals surface area contributed by atoms with Crippen molar-refractivity contribution in [3.8, 4) is 11.5 Å². The van der Waals surface area contributed by atoms with Gasteiger partial charge in [0.05, 0.1) is 33.9 Å². The van der Waals surface area contributed by atoms with Crippen LogP contribution in [-0.4, -0.2) is 36.4 Å². The Balaban J connectivity index is 1.37. The van der Waals surface area contributed by atoms with Crippen molar-refractivity contribution in [3.63, 3.8) is 0 Å². The van der Waals surface area contributed by atoms with E-state index in [1.54, 1.807) is 50.2 Å². The van der Waals surface area contributed by atoms with Crippen LogP contribution in [0.4, 0.5) is 0 Å². The van der Waals surface area contributed by atoms with Crippen LogP contribution in [0, 0.1) is 6.92 Å². The molecule has 1 atom stereocenters. The zero-order valence-corrected chi connectivity index (χ0v) is 26.9. The van der Waals surface area contributed by atoms with Crippen molar-refractivity contribution in [2.75, 3.05) is 13.2 Å². The zero-order valence-electron chi connectivity index (χ0n) is 23.7. The molecular weight excluding hydrogens is 656 g/mol. The zero-order chi connectivity index (χ0) is 30.9. The van der Waals surface area contributed by atoms with Crippen molar-refractivity contribution in [1.29, 1.82) is 0 Å². The number of hydrazone groups is 1. The second-order valence-corrected chi connectivity index (χ2v) is 11.2. The minimum atomic E-state index is -0.628. The number of halogens is 2. The third kappa shape index (κ3) is 8.56. The van der Waals surface area contributed by atoms with Gasteiger partial charge in [0, 0.05) is 11.3 Å². The minimum absolute atomic E-state index is 0.223. The van der Waals surface area contributed by atoms with Gasteiger partial charge in [0.2, 0.25) is 0 Å². The molecule has 224 valence electrons. The Morgan fingerprint density at radius 1 is 1.12 bits per heavy atom. The summed E-state index contributed by atoms with van der Waals surface area (Å²) in [5.74, 6) is -0.0570. The van der Waals surface area contributed by atoms with E-state index in [1.807, 2.05) is 31.2 Å². The highest BCUT2D eigenvalue weighted by molar-refractivity contribution is 9.10. The molecule has 0 aliphatic carbocycles. The predicted octanol–water partition coefficient (Wildman–Crippen LogP) is 5.87. The Kier molecular flexibility index (Phi) is 11.2. The molecule has 0 radical (unpaired) electrons. The van der Waals surface area contributed by atoms with Crippen LogP contribution in [0.2, 0.25) is 5.02 Å². The Labute approximate surface area is 268 Å². The topological polar surface area (TPSA) is 110 Å². The number of benzene rings is 3. The van der Waals surface area contributed by atoms with Crippen molar-refractivity contribution < 1.29 is 23.8 Å². The van der Waals surface area contributed by atoms with E-state index in [-0.39, 0.29) is 13.2 Å². The number of esters is 1. The van der Waals surface area contributed by atoms with Gasteiger partial charge in [-0.15, -0.1) is 0 Å². The minimum Gasteiger partial charge on any atom is -0.486 e. The van der Waals surface area contributed by atoms with E-state index in [9.17, 15) is 9.59 Å². The molecule has 1 aliphatic heterocycles. The molecule has 0 saturated carbocycles. The first kappa shape index (κ1) is 32.0. The van der Waals surface area contributed by atoms with Gasteiger partial charge in [0.25, 0.3) is 5.91 Å². The quantitative estimate of drug-likeness (QED) is 0.0995. The summed E-state index contributed by atoms with van der Waals surface area (Å²) < 4.78 is 17.6. The summed E-state index contributed by atoms with van der Waals surface area (Å²) in [4.78, 5) is 25.3. The van der Waals surface area contributed by atoms with Crippen molar-refractivity contribution in [2.24, 2.45) is 5.10 Å². The van der Waals surface area contributed by atoms with Crippen LogP contribution < -0.4 is 25.5 Å². The van der Waals surface area contributed by atoms with Gasteiger partial charge in [-0.25, -0.2) is 10.2 Å².